The van der Waals surface area contributed by atoms with Gasteiger partial charge in [-0.3, -0.25) is 14.9 Å². The average molecular weight is 402 g/mol. The van der Waals surface area contributed by atoms with E-state index in [0.717, 1.165) is 12.1 Å². The zero-order valence-corrected chi connectivity index (χ0v) is 15.5. The van der Waals surface area contributed by atoms with Gasteiger partial charge in [-0.1, -0.05) is 25.4 Å². The number of hydrogen-bond acceptors (Lipinski definition) is 6. The molecule has 0 aliphatic heterocycles. The summed E-state index contributed by atoms with van der Waals surface area (Å²) in [6.45, 7) is 4.01. The SMILES string of the molecule is CCN(CC)S(=O)(=O)c1ccc(Cl)c(NC(=O)c2ccc([N+](=O)[O-])o2)c1. The van der Waals surface area contributed by atoms with E-state index < -0.39 is 26.7 Å². The third-order valence-electron chi connectivity index (χ3n) is 3.52. The van der Waals surface area contributed by atoms with E-state index in [1.54, 1.807) is 13.8 Å². The van der Waals surface area contributed by atoms with E-state index in [1.165, 1.54) is 22.5 Å². The fourth-order valence-corrected chi connectivity index (χ4v) is 3.85. The van der Waals surface area contributed by atoms with Crippen LogP contribution in [-0.4, -0.2) is 36.6 Å². The van der Waals surface area contributed by atoms with Crippen molar-refractivity contribution in [2.45, 2.75) is 18.7 Å². The Balaban J connectivity index is 2.32. The summed E-state index contributed by atoms with van der Waals surface area (Å²) < 4.78 is 31.2. The Morgan fingerprint density at radius 3 is 2.46 bits per heavy atom. The monoisotopic (exact) mass is 401 g/mol. The molecular formula is C15H16ClN3O6S. The van der Waals surface area contributed by atoms with Crippen molar-refractivity contribution in [1.82, 2.24) is 4.31 Å². The Kier molecular flexibility index (Phi) is 6.01. The quantitative estimate of drug-likeness (QED) is 0.561. The summed E-state index contributed by atoms with van der Waals surface area (Å²) in [6.07, 6.45) is 0. The van der Waals surface area contributed by atoms with Gasteiger partial charge in [-0.25, -0.2) is 8.42 Å². The first kappa shape index (κ1) is 19.9. The van der Waals surface area contributed by atoms with Gasteiger partial charge in [0.2, 0.25) is 10.0 Å². The Bertz CT molecular complexity index is 937. The van der Waals surface area contributed by atoms with Crippen molar-refractivity contribution in [2.75, 3.05) is 18.4 Å². The van der Waals surface area contributed by atoms with Crippen LogP contribution in [0.5, 0.6) is 0 Å². The molecule has 1 aromatic carbocycles. The predicted molar refractivity (Wildman–Crippen MR) is 94.9 cm³/mol. The van der Waals surface area contributed by atoms with Crippen molar-refractivity contribution in [3.05, 3.63) is 51.2 Å². The van der Waals surface area contributed by atoms with Crippen LogP contribution >= 0.6 is 11.6 Å². The molecule has 0 saturated heterocycles. The summed E-state index contributed by atoms with van der Waals surface area (Å²) in [5.41, 5.74) is 0.0453. The number of carbonyl (C=O) groups is 1. The van der Waals surface area contributed by atoms with Gasteiger partial charge in [0.05, 0.1) is 21.7 Å². The predicted octanol–water partition coefficient (Wildman–Crippen LogP) is 3.12. The highest BCUT2D eigenvalue weighted by molar-refractivity contribution is 7.89. The number of nitrogens with zero attached hydrogens (tertiary/aromatic N) is 2. The summed E-state index contributed by atoms with van der Waals surface area (Å²) in [5.74, 6) is -1.68. The molecular weight excluding hydrogens is 386 g/mol. The summed E-state index contributed by atoms with van der Waals surface area (Å²) >= 11 is 6.02. The lowest BCUT2D eigenvalue weighted by atomic mass is 10.3. The molecule has 2 aromatic rings. The largest absolute Gasteiger partial charge is 0.433 e. The third-order valence-corrected chi connectivity index (χ3v) is 5.90. The third kappa shape index (κ3) is 4.03. The van der Waals surface area contributed by atoms with Gasteiger partial charge in [0.1, 0.15) is 4.92 Å². The van der Waals surface area contributed by atoms with E-state index in [4.69, 9.17) is 16.0 Å². The number of halogens is 1. The molecule has 1 amide bonds. The second kappa shape index (κ2) is 7.85. The summed E-state index contributed by atoms with van der Waals surface area (Å²) in [7, 11) is -3.74. The molecule has 0 spiro atoms. The van der Waals surface area contributed by atoms with Crippen molar-refractivity contribution in [3.8, 4) is 0 Å². The molecule has 0 saturated carbocycles. The smallest absolute Gasteiger partial charge is 0.395 e. The maximum atomic E-state index is 12.6. The van der Waals surface area contributed by atoms with Crippen LogP contribution in [0.3, 0.4) is 0 Å². The van der Waals surface area contributed by atoms with Gasteiger partial charge in [0, 0.05) is 13.1 Å². The number of nitrogens with one attached hydrogen (secondary N) is 1. The fourth-order valence-electron chi connectivity index (χ4n) is 2.20. The Hall–Kier alpha value is -2.43. The molecule has 1 N–H and O–H groups in total. The number of sulfonamides is 1. The first-order valence-corrected chi connectivity index (χ1v) is 9.37. The molecule has 0 aliphatic rings. The maximum Gasteiger partial charge on any atom is 0.433 e. The molecule has 0 radical (unpaired) electrons. The van der Waals surface area contributed by atoms with Gasteiger partial charge in [0.25, 0.3) is 5.91 Å². The molecule has 140 valence electrons. The normalized spacial score (nSPS) is 11.5. The zero-order valence-electron chi connectivity index (χ0n) is 13.9. The standard InChI is InChI=1S/C15H16ClN3O6S/c1-3-18(4-2)26(23,24)10-5-6-11(16)12(9-10)17-15(20)13-7-8-14(25-13)19(21)22/h5-9H,3-4H2,1-2H3,(H,17,20). The van der Waals surface area contributed by atoms with Gasteiger partial charge in [-0.15, -0.1) is 0 Å². The van der Waals surface area contributed by atoms with E-state index in [-0.39, 0.29) is 21.4 Å². The minimum absolute atomic E-state index is 0.0358. The highest BCUT2D eigenvalue weighted by Crippen LogP contribution is 2.28. The summed E-state index contributed by atoms with van der Waals surface area (Å²) in [5, 5.41) is 13.1. The van der Waals surface area contributed by atoms with Crippen LogP contribution in [0.4, 0.5) is 11.6 Å². The van der Waals surface area contributed by atoms with Gasteiger partial charge in [-0.2, -0.15) is 4.31 Å². The molecule has 0 bridgehead atoms. The lowest BCUT2D eigenvalue weighted by Gasteiger charge is -2.19. The lowest BCUT2D eigenvalue weighted by molar-refractivity contribution is -0.402. The second-order valence-corrected chi connectivity index (χ2v) is 7.43. The van der Waals surface area contributed by atoms with E-state index in [1.807, 2.05) is 0 Å². The number of amides is 1. The molecule has 0 unspecified atom stereocenters. The minimum atomic E-state index is -3.74. The van der Waals surface area contributed by atoms with Gasteiger partial charge < -0.3 is 9.73 Å². The number of anilines is 1. The molecule has 26 heavy (non-hydrogen) atoms. The molecule has 11 heteroatoms. The number of benzene rings is 1. The van der Waals surface area contributed by atoms with Crippen LogP contribution in [0.15, 0.2) is 39.6 Å². The van der Waals surface area contributed by atoms with Gasteiger partial charge >= 0.3 is 5.88 Å². The fraction of sp³-hybridized carbons (Fsp3) is 0.267. The molecule has 2 rings (SSSR count). The van der Waals surface area contributed by atoms with Crippen LogP contribution in [0.25, 0.3) is 0 Å². The summed E-state index contributed by atoms with van der Waals surface area (Å²) in [4.78, 5) is 22.0. The van der Waals surface area contributed by atoms with Gasteiger partial charge in [-0.05, 0) is 24.3 Å². The first-order chi connectivity index (χ1) is 12.2. The number of hydrogen-bond donors (Lipinski definition) is 1. The molecule has 9 nitrogen and oxygen atoms in total. The Morgan fingerprint density at radius 2 is 1.92 bits per heavy atom. The van der Waals surface area contributed by atoms with Gasteiger partial charge in [0.15, 0.2) is 5.76 Å². The number of furan rings is 1. The number of rotatable bonds is 7. The summed E-state index contributed by atoms with van der Waals surface area (Å²) in [6, 6.07) is 6.09. The van der Waals surface area contributed by atoms with E-state index in [2.05, 4.69) is 5.32 Å². The Labute approximate surface area is 154 Å². The molecule has 0 fully saturated rings. The van der Waals surface area contributed by atoms with Crippen LogP contribution < -0.4 is 5.32 Å². The first-order valence-electron chi connectivity index (χ1n) is 7.56. The van der Waals surface area contributed by atoms with Crippen molar-refractivity contribution in [3.63, 3.8) is 0 Å². The van der Waals surface area contributed by atoms with E-state index >= 15 is 0 Å². The van der Waals surface area contributed by atoms with E-state index in [9.17, 15) is 23.3 Å². The number of nitro groups is 1. The molecule has 1 heterocycles. The van der Waals surface area contributed by atoms with Crippen molar-refractivity contribution < 1.29 is 22.6 Å². The Morgan fingerprint density at radius 1 is 1.27 bits per heavy atom. The lowest BCUT2D eigenvalue weighted by Crippen LogP contribution is -2.30. The van der Waals surface area contributed by atoms with Crippen LogP contribution in [0.2, 0.25) is 5.02 Å². The highest BCUT2D eigenvalue weighted by Gasteiger charge is 2.23. The zero-order chi connectivity index (χ0) is 19.5. The van der Waals surface area contributed by atoms with Crippen LogP contribution in [-0.2, 0) is 10.0 Å². The molecule has 1 aromatic heterocycles. The average Bonchev–Trinajstić information content (AvgIpc) is 3.08. The van der Waals surface area contributed by atoms with Crippen molar-refractivity contribution in [1.29, 1.82) is 0 Å². The highest BCUT2D eigenvalue weighted by atomic mass is 35.5. The van der Waals surface area contributed by atoms with Crippen LogP contribution in [0.1, 0.15) is 24.4 Å². The molecule has 0 atom stereocenters. The topological polar surface area (TPSA) is 123 Å². The number of carbonyl (C=O) groups excluding carboxylic acids is 1. The van der Waals surface area contributed by atoms with E-state index in [0.29, 0.717) is 13.1 Å². The van der Waals surface area contributed by atoms with Crippen molar-refractivity contribution in [2.24, 2.45) is 0 Å². The minimum Gasteiger partial charge on any atom is -0.395 e. The van der Waals surface area contributed by atoms with Crippen molar-refractivity contribution >= 4 is 39.1 Å². The second-order valence-electron chi connectivity index (χ2n) is 5.08. The van der Waals surface area contributed by atoms with Crippen LogP contribution in [0, 0.1) is 10.1 Å². The maximum absolute atomic E-state index is 12.6. The molecule has 0 aliphatic carbocycles.